The Balaban J connectivity index is 2.54. The first kappa shape index (κ1) is 10.1. The molecule has 2 rings (SSSR count). The van der Waals surface area contributed by atoms with Crippen molar-refractivity contribution in [2.24, 2.45) is 5.73 Å². The van der Waals surface area contributed by atoms with Gasteiger partial charge >= 0.3 is 0 Å². The maximum absolute atomic E-state index is 13.4. The molecule has 3 N–H and O–H groups in total. The molecule has 1 heterocycles. The van der Waals surface area contributed by atoms with Gasteiger partial charge in [-0.2, -0.15) is 0 Å². The van der Waals surface area contributed by atoms with Gasteiger partial charge in [0, 0.05) is 5.56 Å². The number of nitrogens with one attached hydrogen (secondary N) is 1. The molecule has 0 amide bonds. The summed E-state index contributed by atoms with van der Waals surface area (Å²) in [6.07, 6.45) is 0. The predicted molar refractivity (Wildman–Crippen MR) is 56.9 cm³/mol. The third kappa shape index (κ3) is 1.86. The Labute approximate surface area is 91.1 Å². The minimum atomic E-state index is -0.352. The number of hydrogen-bond acceptors (Lipinski definition) is 2. The highest BCUT2D eigenvalue weighted by Crippen LogP contribution is 2.27. The molecule has 0 saturated heterocycles. The Morgan fingerprint density at radius 3 is 2.73 bits per heavy atom. The molecule has 0 spiro atoms. The Bertz CT molecular complexity index is 481. The fraction of sp³-hybridized carbons (Fsp3) is 0.100. The topological polar surface area (TPSA) is 54.7 Å². The molecule has 0 aliphatic rings. The number of H-pyrrole nitrogens is 1. The molecule has 1 aromatic carbocycles. The van der Waals surface area contributed by atoms with Crippen LogP contribution < -0.4 is 5.73 Å². The van der Waals surface area contributed by atoms with Crippen LogP contribution in [0.4, 0.5) is 4.39 Å². The number of imidazole rings is 1. The molecule has 78 valence electrons. The zero-order valence-corrected chi connectivity index (χ0v) is 8.55. The average Bonchev–Trinajstić information content (AvgIpc) is 2.60. The SMILES string of the molecule is NCc1nc(-c2ccccc2F)c(Cl)[nH]1. The van der Waals surface area contributed by atoms with Crippen LogP contribution >= 0.6 is 11.6 Å². The van der Waals surface area contributed by atoms with Crippen LogP contribution in [-0.2, 0) is 6.54 Å². The number of halogens is 2. The monoisotopic (exact) mass is 225 g/mol. The van der Waals surface area contributed by atoms with Gasteiger partial charge in [0.25, 0.3) is 0 Å². The van der Waals surface area contributed by atoms with Crippen molar-refractivity contribution < 1.29 is 4.39 Å². The maximum Gasteiger partial charge on any atom is 0.134 e. The minimum absolute atomic E-state index is 0.244. The quantitative estimate of drug-likeness (QED) is 0.824. The molecule has 0 saturated carbocycles. The molecule has 15 heavy (non-hydrogen) atoms. The van der Waals surface area contributed by atoms with Crippen molar-refractivity contribution >= 4 is 11.6 Å². The molecule has 1 aromatic heterocycles. The summed E-state index contributed by atoms with van der Waals surface area (Å²) in [5.41, 5.74) is 6.17. The van der Waals surface area contributed by atoms with Gasteiger partial charge in [-0.3, -0.25) is 0 Å². The molecular formula is C10H9ClFN3. The summed E-state index contributed by atoms with van der Waals surface area (Å²) in [6, 6.07) is 6.33. The van der Waals surface area contributed by atoms with E-state index in [1.807, 2.05) is 0 Å². The van der Waals surface area contributed by atoms with Crippen molar-refractivity contribution in [1.29, 1.82) is 0 Å². The smallest absolute Gasteiger partial charge is 0.134 e. The van der Waals surface area contributed by atoms with Gasteiger partial charge in [-0.05, 0) is 12.1 Å². The van der Waals surface area contributed by atoms with E-state index >= 15 is 0 Å². The molecule has 0 unspecified atom stereocenters. The van der Waals surface area contributed by atoms with E-state index in [4.69, 9.17) is 17.3 Å². The van der Waals surface area contributed by atoms with E-state index in [9.17, 15) is 4.39 Å². The molecule has 5 heteroatoms. The number of aromatic amines is 1. The summed E-state index contributed by atoms with van der Waals surface area (Å²) < 4.78 is 13.4. The second-order valence-corrected chi connectivity index (χ2v) is 3.41. The molecular weight excluding hydrogens is 217 g/mol. The van der Waals surface area contributed by atoms with E-state index in [0.717, 1.165) is 0 Å². The summed E-state index contributed by atoms with van der Waals surface area (Å²) in [5.74, 6) is 0.188. The van der Waals surface area contributed by atoms with Crippen LogP contribution in [0.2, 0.25) is 5.15 Å². The zero-order valence-electron chi connectivity index (χ0n) is 7.80. The first-order valence-corrected chi connectivity index (χ1v) is 4.79. The highest BCUT2D eigenvalue weighted by molar-refractivity contribution is 6.31. The Morgan fingerprint density at radius 2 is 2.13 bits per heavy atom. The van der Waals surface area contributed by atoms with E-state index in [2.05, 4.69) is 9.97 Å². The highest BCUT2D eigenvalue weighted by Gasteiger charge is 2.12. The molecule has 3 nitrogen and oxygen atoms in total. The van der Waals surface area contributed by atoms with Crippen molar-refractivity contribution in [3.63, 3.8) is 0 Å². The van der Waals surface area contributed by atoms with Crippen molar-refractivity contribution in [3.8, 4) is 11.3 Å². The van der Waals surface area contributed by atoms with E-state index in [-0.39, 0.29) is 12.4 Å². The van der Waals surface area contributed by atoms with Crippen LogP contribution in [0.15, 0.2) is 24.3 Å². The standard InChI is InChI=1S/C10H9ClFN3/c11-10-9(14-8(5-13)15-10)6-3-1-2-4-7(6)12/h1-4H,5,13H2,(H,14,15). The number of benzene rings is 1. The first-order chi connectivity index (χ1) is 7.22. The lowest BCUT2D eigenvalue weighted by molar-refractivity contribution is 0.631. The molecule has 0 radical (unpaired) electrons. The molecule has 0 atom stereocenters. The normalized spacial score (nSPS) is 10.6. The number of rotatable bonds is 2. The van der Waals surface area contributed by atoms with Crippen LogP contribution in [0.25, 0.3) is 11.3 Å². The fourth-order valence-electron chi connectivity index (χ4n) is 1.33. The van der Waals surface area contributed by atoms with Crippen LogP contribution in [0.1, 0.15) is 5.82 Å². The largest absolute Gasteiger partial charge is 0.331 e. The second kappa shape index (κ2) is 4.00. The van der Waals surface area contributed by atoms with Gasteiger partial charge in [-0.1, -0.05) is 23.7 Å². The average molecular weight is 226 g/mol. The van der Waals surface area contributed by atoms with Gasteiger partial charge < -0.3 is 10.7 Å². The van der Waals surface area contributed by atoms with Crippen LogP contribution in [0.5, 0.6) is 0 Å². The lowest BCUT2D eigenvalue weighted by Gasteiger charge is -1.98. The van der Waals surface area contributed by atoms with E-state index in [0.29, 0.717) is 22.2 Å². The summed E-state index contributed by atoms with van der Waals surface area (Å²) in [6.45, 7) is 0.244. The lowest BCUT2D eigenvalue weighted by Crippen LogP contribution is -1.97. The summed E-state index contributed by atoms with van der Waals surface area (Å²) in [5, 5.41) is 0.306. The lowest BCUT2D eigenvalue weighted by atomic mass is 10.1. The van der Waals surface area contributed by atoms with Gasteiger partial charge in [-0.15, -0.1) is 0 Å². The second-order valence-electron chi connectivity index (χ2n) is 3.03. The zero-order chi connectivity index (χ0) is 10.8. The van der Waals surface area contributed by atoms with Crippen molar-refractivity contribution in [2.75, 3.05) is 0 Å². The summed E-state index contributed by atoms with van der Waals surface area (Å²) in [4.78, 5) is 6.89. The van der Waals surface area contributed by atoms with Crippen LogP contribution in [0.3, 0.4) is 0 Å². The van der Waals surface area contributed by atoms with Crippen LogP contribution in [0, 0.1) is 5.82 Å². The third-order valence-electron chi connectivity index (χ3n) is 2.03. The molecule has 0 aliphatic carbocycles. The van der Waals surface area contributed by atoms with Gasteiger partial charge in [0.15, 0.2) is 0 Å². The van der Waals surface area contributed by atoms with Gasteiger partial charge in [0.05, 0.1) is 6.54 Å². The van der Waals surface area contributed by atoms with E-state index in [1.165, 1.54) is 6.07 Å². The predicted octanol–water partition coefficient (Wildman–Crippen LogP) is 2.33. The Hall–Kier alpha value is -1.39. The van der Waals surface area contributed by atoms with Crippen molar-refractivity contribution in [2.45, 2.75) is 6.54 Å². The van der Waals surface area contributed by atoms with Crippen molar-refractivity contribution in [3.05, 3.63) is 41.1 Å². The van der Waals surface area contributed by atoms with Gasteiger partial charge in [-0.25, -0.2) is 9.37 Å². The van der Waals surface area contributed by atoms with Gasteiger partial charge in [0.1, 0.15) is 22.5 Å². The van der Waals surface area contributed by atoms with Gasteiger partial charge in [0.2, 0.25) is 0 Å². The molecule has 0 fully saturated rings. The molecule has 2 aromatic rings. The minimum Gasteiger partial charge on any atom is -0.331 e. The Morgan fingerprint density at radius 1 is 1.40 bits per heavy atom. The van der Waals surface area contributed by atoms with E-state index < -0.39 is 0 Å². The summed E-state index contributed by atoms with van der Waals surface area (Å²) >= 11 is 5.89. The third-order valence-corrected chi connectivity index (χ3v) is 2.30. The number of hydrogen-bond donors (Lipinski definition) is 2. The highest BCUT2D eigenvalue weighted by atomic mass is 35.5. The number of aromatic nitrogens is 2. The number of nitrogens with zero attached hydrogens (tertiary/aromatic N) is 1. The molecule has 0 bridgehead atoms. The first-order valence-electron chi connectivity index (χ1n) is 4.41. The van der Waals surface area contributed by atoms with E-state index in [1.54, 1.807) is 18.2 Å². The number of nitrogens with two attached hydrogens (primary N) is 1. The van der Waals surface area contributed by atoms with Crippen molar-refractivity contribution in [1.82, 2.24) is 9.97 Å². The summed E-state index contributed by atoms with van der Waals surface area (Å²) in [7, 11) is 0. The Kier molecular flexibility index (Phi) is 2.70. The van der Waals surface area contributed by atoms with Crippen LogP contribution in [-0.4, -0.2) is 9.97 Å². The fourth-order valence-corrected chi connectivity index (χ4v) is 1.58. The molecule has 0 aliphatic heterocycles. The maximum atomic E-state index is 13.4.